The number of carbonyl (C=O) groups is 1. The van der Waals surface area contributed by atoms with Crippen molar-refractivity contribution in [2.75, 3.05) is 36.5 Å². The molecule has 1 amide bonds. The molecule has 0 aromatic heterocycles. The highest BCUT2D eigenvalue weighted by atomic mass is 79.9. The molecule has 0 bridgehead atoms. The van der Waals surface area contributed by atoms with E-state index in [1.807, 2.05) is 23.1 Å². The summed E-state index contributed by atoms with van der Waals surface area (Å²) in [6.07, 6.45) is 0.670. The zero-order valence-electron chi connectivity index (χ0n) is 9.69. The number of fused-ring (bicyclic) bond motifs is 1. The van der Waals surface area contributed by atoms with Crippen LogP contribution in [0.2, 0.25) is 0 Å². The van der Waals surface area contributed by atoms with Crippen LogP contribution in [0.5, 0.6) is 0 Å². The summed E-state index contributed by atoms with van der Waals surface area (Å²) in [4.78, 5) is 15.5. The van der Waals surface area contributed by atoms with Crippen molar-refractivity contribution in [2.45, 2.75) is 6.42 Å². The molecule has 0 spiro atoms. The number of hydrogen-bond donors (Lipinski definition) is 1. The molecule has 0 radical (unpaired) electrons. The molecule has 1 aliphatic rings. The molecule has 0 fully saturated rings. The fraction of sp³-hybridized carbons (Fsp3) is 0.417. The summed E-state index contributed by atoms with van der Waals surface area (Å²) >= 11 is 3.44. The number of halogens is 1. The molecule has 1 heterocycles. The van der Waals surface area contributed by atoms with E-state index in [2.05, 4.69) is 15.9 Å². The lowest BCUT2D eigenvalue weighted by atomic mass is 10.1. The third kappa shape index (κ3) is 2.45. The Balaban J connectivity index is 2.35. The molecule has 1 N–H and O–H groups in total. The average molecular weight is 299 g/mol. The zero-order chi connectivity index (χ0) is 12.4. The van der Waals surface area contributed by atoms with Crippen molar-refractivity contribution >= 4 is 33.2 Å². The maximum Gasteiger partial charge on any atom is 0.246 e. The quantitative estimate of drug-likeness (QED) is 0.922. The van der Waals surface area contributed by atoms with Crippen LogP contribution in [0, 0.1) is 0 Å². The Morgan fingerprint density at radius 3 is 2.88 bits per heavy atom. The van der Waals surface area contributed by atoms with E-state index in [-0.39, 0.29) is 12.5 Å². The summed E-state index contributed by atoms with van der Waals surface area (Å²) in [6.45, 7) is 1.21. The first-order valence-electron chi connectivity index (χ1n) is 5.55. The van der Waals surface area contributed by atoms with E-state index in [1.165, 1.54) is 0 Å². The molecular formula is C12H15BrN2O2. The van der Waals surface area contributed by atoms with E-state index >= 15 is 0 Å². The van der Waals surface area contributed by atoms with Gasteiger partial charge in [-0.1, -0.05) is 15.9 Å². The molecule has 92 valence electrons. The van der Waals surface area contributed by atoms with E-state index in [9.17, 15) is 4.79 Å². The number of rotatable bonds is 3. The normalized spacial score (nSPS) is 15.1. The molecule has 0 aliphatic carbocycles. The van der Waals surface area contributed by atoms with Gasteiger partial charge >= 0.3 is 0 Å². The van der Waals surface area contributed by atoms with E-state index in [4.69, 9.17) is 5.11 Å². The first-order chi connectivity index (χ1) is 8.13. The molecule has 5 heteroatoms. The highest BCUT2D eigenvalue weighted by Crippen LogP contribution is 2.34. The van der Waals surface area contributed by atoms with Crippen molar-refractivity contribution in [3.8, 4) is 0 Å². The summed E-state index contributed by atoms with van der Waals surface area (Å²) in [5, 5.41) is 8.89. The number of anilines is 2. The number of amides is 1. The minimum atomic E-state index is 0.0813. The number of aliphatic hydroxyl groups excluding tert-OH is 1. The maximum atomic E-state index is 11.8. The van der Waals surface area contributed by atoms with Gasteiger partial charge in [-0.05, 0) is 24.6 Å². The van der Waals surface area contributed by atoms with E-state index in [0.717, 1.165) is 15.8 Å². The van der Waals surface area contributed by atoms with Gasteiger partial charge in [0.05, 0.1) is 17.9 Å². The number of nitrogens with zero attached hydrogens (tertiary/aromatic N) is 2. The smallest absolute Gasteiger partial charge is 0.246 e. The summed E-state index contributed by atoms with van der Waals surface area (Å²) < 4.78 is 0.994. The van der Waals surface area contributed by atoms with Crippen molar-refractivity contribution in [1.29, 1.82) is 0 Å². The molecule has 0 saturated carbocycles. The second-order valence-electron chi connectivity index (χ2n) is 4.08. The summed E-state index contributed by atoms with van der Waals surface area (Å²) in [6, 6.07) is 5.87. The van der Waals surface area contributed by atoms with Crippen molar-refractivity contribution < 1.29 is 9.90 Å². The largest absolute Gasteiger partial charge is 0.396 e. The Kier molecular flexibility index (Phi) is 3.69. The van der Waals surface area contributed by atoms with Gasteiger partial charge in [-0.15, -0.1) is 0 Å². The fourth-order valence-electron chi connectivity index (χ4n) is 1.98. The third-order valence-corrected chi connectivity index (χ3v) is 3.42. The second-order valence-corrected chi connectivity index (χ2v) is 5.00. The second kappa shape index (κ2) is 5.06. The van der Waals surface area contributed by atoms with Crippen LogP contribution in [-0.2, 0) is 4.79 Å². The molecular weight excluding hydrogens is 284 g/mol. The Morgan fingerprint density at radius 2 is 2.18 bits per heavy atom. The van der Waals surface area contributed by atoms with Gasteiger partial charge in [0.15, 0.2) is 0 Å². The van der Waals surface area contributed by atoms with Gasteiger partial charge in [0, 0.05) is 24.7 Å². The Morgan fingerprint density at radius 1 is 1.41 bits per heavy atom. The van der Waals surface area contributed by atoms with Crippen LogP contribution in [0.15, 0.2) is 22.7 Å². The van der Waals surface area contributed by atoms with Crippen LogP contribution in [0.25, 0.3) is 0 Å². The molecule has 1 aromatic carbocycles. The Hall–Kier alpha value is -1.07. The van der Waals surface area contributed by atoms with Crippen molar-refractivity contribution in [2.24, 2.45) is 0 Å². The summed E-state index contributed by atoms with van der Waals surface area (Å²) in [5.74, 6) is 0.0813. The molecule has 0 atom stereocenters. The highest BCUT2D eigenvalue weighted by molar-refractivity contribution is 9.10. The van der Waals surface area contributed by atoms with Crippen LogP contribution < -0.4 is 9.80 Å². The predicted molar refractivity (Wildman–Crippen MR) is 71.5 cm³/mol. The molecule has 2 rings (SSSR count). The molecule has 4 nitrogen and oxygen atoms in total. The topological polar surface area (TPSA) is 43.8 Å². The van der Waals surface area contributed by atoms with Crippen LogP contribution in [0.4, 0.5) is 11.4 Å². The molecule has 17 heavy (non-hydrogen) atoms. The lowest BCUT2D eigenvalue weighted by Crippen LogP contribution is -2.44. The van der Waals surface area contributed by atoms with Gasteiger partial charge in [-0.25, -0.2) is 0 Å². The van der Waals surface area contributed by atoms with E-state index in [1.54, 1.807) is 11.9 Å². The Bertz CT molecular complexity index is 437. The molecule has 1 aromatic rings. The average Bonchev–Trinajstić information content (AvgIpc) is 2.32. The van der Waals surface area contributed by atoms with Gasteiger partial charge < -0.3 is 14.9 Å². The third-order valence-electron chi connectivity index (χ3n) is 2.93. The monoisotopic (exact) mass is 298 g/mol. The molecule has 1 aliphatic heterocycles. The fourth-order valence-corrected chi connectivity index (χ4v) is 2.33. The lowest BCUT2D eigenvalue weighted by Gasteiger charge is -2.35. The minimum absolute atomic E-state index is 0.0813. The summed E-state index contributed by atoms with van der Waals surface area (Å²) in [7, 11) is 1.79. The number of aliphatic hydroxyl groups is 1. The number of benzene rings is 1. The van der Waals surface area contributed by atoms with Gasteiger partial charge in [-0.2, -0.15) is 0 Å². The first kappa shape index (κ1) is 12.4. The highest BCUT2D eigenvalue weighted by Gasteiger charge is 2.26. The van der Waals surface area contributed by atoms with Gasteiger partial charge in [0.2, 0.25) is 5.91 Å². The zero-order valence-corrected chi connectivity index (χ0v) is 11.3. The van der Waals surface area contributed by atoms with Gasteiger partial charge in [-0.3, -0.25) is 4.79 Å². The maximum absolute atomic E-state index is 11.8. The SMILES string of the molecule is CN1C(=O)CN(CCCO)c2cc(Br)ccc21. The summed E-state index contributed by atoms with van der Waals surface area (Å²) in [5.41, 5.74) is 1.96. The molecule has 0 unspecified atom stereocenters. The number of carbonyl (C=O) groups excluding carboxylic acids is 1. The standard InChI is InChI=1S/C12H15BrN2O2/c1-14-10-4-3-9(13)7-11(10)15(5-2-6-16)8-12(14)17/h3-4,7,16H,2,5-6,8H2,1H3. The van der Waals surface area contributed by atoms with Crippen LogP contribution in [0.1, 0.15) is 6.42 Å². The van der Waals surface area contributed by atoms with Crippen molar-refractivity contribution in [3.05, 3.63) is 22.7 Å². The van der Waals surface area contributed by atoms with Crippen LogP contribution in [-0.4, -0.2) is 37.8 Å². The number of likely N-dealkylation sites (N-methyl/N-ethyl adjacent to an activating group) is 1. The van der Waals surface area contributed by atoms with Crippen LogP contribution >= 0.6 is 15.9 Å². The van der Waals surface area contributed by atoms with Crippen molar-refractivity contribution in [1.82, 2.24) is 0 Å². The van der Waals surface area contributed by atoms with Crippen LogP contribution in [0.3, 0.4) is 0 Å². The first-order valence-corrected chi connectivity index (χ1v) is 6.34. The van der Waals surface area contributed by atoms with Crippen molar-refractivity contribution in [3.63, 3.8) is 0 Å². The van der Waals surface area contributed by atoms with Gasteiger partial charge in [0.25, 0.3) is 0 Å². The molecule has 0 saturated heterocycles. The van der Waals surface area contributed by atoms with E-state index < -0.39 is 0 Å². The lowest BCUT2D eigenvalue weighted by molar-refractivity contribution is -0.117. The van der Waals surface area contributed by atoms with Gasteiger partial charge in [0.1, 0.15) is 0 Å². The Labute approximate surface area is 109 Å². The minimum Gasteiger partial charge on any atom is -0.396 e. The van der Waals surface area contributed by atoms with E-state index in [0.29, 0.717) is 19.5 Å². The number of hydrogen-bond acceptors (Lipinski definition) is 3. The predicted octanol–water partition coefficient (Wildman–Crippen LogP) is 1.61.